The number of hydrogen-bond acceptors (Lipinski definition) is 3. The minimum atomic E-state index is 0.429. The molecular weight excluding hydrogens is 260 g/mol. The van der Waals surface area contributed by atoms with Crippen LogP contribution in [-0.4, -0.2) is 48.8 Å². The molecule has 3 fully saturated rings. The second-order valence-electron chi connectivity index (χ2n) is 7.93. The average Bonchev–Trinajstić information content (AvgIpc) is 3.11. The Labute approximate surface area is 130 Å². The minimum Gasteiger partial charge on any atom is -0.377 e. The monoisotopic (exact) mass is 294 g/mol. The van der Waals surface area contributed by atoms with Crippen molar-refractivity contribution in [1.82, 2.24) is 10.2 Å². The van der Waals surface area contributed by atoms with Gasteiger partial charge in [-0.05, 0) is 31.6 Å². The van der Waals surface area contributed by atoms with Gasteiger partial charge >= 0.3 is 0 Å². The average molecular weight is 294 g/mol. The predicted octanol–water partition coefficient (Wildman–Crippen LogP) is 3.19. The summed E-state index contributed by atoms with van der Waals surface area (Å²) in [5.41, 5.74) is 0.429. The molecule has 2 saturated carbocycles. The molecule has 0 amide bonds. The molecule has 0 aromatic rings. The van der Waals surface area contributed by atoms with E-state index in [0.717, 1.165) is 19.1 Å². The summed E-state index contributed by atoms with van der Waals surface area (Å²) in [4.78, 5) is 2.74. The van der Waals surface area contributed by atoms with E-state index >= 15 is 0 Å². The molecule has 122 valence electrons. The fourth-order valence-electron chi connectivity index (χ4n) is 4.69. The zero-order valence-electron chi connectivity index (χ0n) is 14.1. The predicted molar refractivity (Wildman–Crippen MR) is 87.6 cm³/mol. The zero-order chi connectivity index (χ0) is 14.7. The number of rotatable bonds is 5. The van der Waals surface area contributed by atoms with E-state index in [-0.39, 0.29) is 0 Å². The van der Waals surface area contributed by atoms with Gasteiger partial charge in [0.15, 0.2) is 0 Å². The molecular formula is C18H34N2O. The summed E-state index contributed by atoms with van der Waals surface area (Å²) in [6.07, 6.45) is 11.4. The van der Waals surface area contributed by atoms with Gasteiger partial charge in [-0.25, -0.2) is 0 Å². The van der Waals surface area contributed by atoms with Crippen LogP contribution in [0, 0.1) is 5.92 Å². The molecule has 1 aliphatic heterocycles. The van der Waals surface area contributed by atoms with Gasteiger partial charge in [0, 0.05) is 31.2 Å². The highest BCUT2D eigenvalue weighted by molar-refractivity contribution is 5.01. The van der Waals surface area contributed by atoms with E-state index in [9.17, 15) is 0 Å². The van der Waals surface area contributed by atoms with Crippen molar-refractivity contribution in [3.63, 3.8) is 0 Å². The van der Waals surface area contributed by atoms with Crippen LogP contribution < -0.4 is 5.32 Å². The van der Waals surface area contributed by atoms with Crippen LogP contribution in [0.2, 0.25) is 0 Å². The largest absolute Gasteiger partial charge is 0.377 e. The van der Waals surface area contributed by atoms with Crippen molar-refractivity contribution in [2.45, 2.75) is 82.9 Å². The highest BCUT2D eigenvalue weighted by Crippen LogP contribution is 2.34. The fourth-order valence-corrected chi connectivity index (χ4v) is 4.69. The van der Waals surface area contributed by atoms with E-state index < -0.39 is 0 Å². The van der Waals surface area contributed by atoms with Crippen LogP contribution in [0.25, 0.3) is 0 Å². The van der Waals surface area contributed by atoms with E-state index in [2.05, 4.69) is 24.1 Å². The molecule has 0 aromatic carbocycles. The molecule has 3 rings (SSSR count). The van der Waals surface area contributed by atoms with Gasteiger partial charge in [0.2, 0.25) is 0 Å². The second-order valence-corrected chi connectivity index (χ2v) is 7.93. The number of piperazine rings is 1. The Kier molecular flexibility index (Phi) is 5.23. The molecule has 1 saturated heterocycles. The lowest BCUT2D eigenvalue weighted by molar-refractivity contribution is 0.00266. The van der Waals surface area contributed by atoms with Crippen molar-refractivity contribution in [2.24, 2.45) is 5.92 Å². The van der Waals surface area contributed by atoms with Gasteiger partial charge in [-0.2, -0.15) is 0 Å². The molecule has 1 atom stereocenters. The summed E-state index contributed by atoms with van der Waals surface area (Å²) in [7, 11) is 0. The van der Waals surface area contributed by atoms with Crippen LogP contribution in [0.3, 0.4) is 0 Å². The molecule has 1 N–H and O–H groups in total. The van der Waals surface area contributed by atoms with Gasteiger partial charge in [0.05, 0.1) is 12.7 Å². The molecule has 0 bridgehead atoms. The van der Waals surface area contributed by atoms with Gasteiger partial charge in [0.1, 0.15) is 0 Å². The summed E-state index contributed by atoms with van der Waals surface area (Å²) in [5, 5.41) is 3.90. The van der Waals surface area contributed by atoms with Crippen molar-refractivity contribution >= 4 is 0 Å². The third kappa shape index (κ3) is 3.80. The van der Waals surface area contributed by atoms with Crippen LogP contribution in [0.1, 0.15) is 65.2 Å². The lowest BCUT2D eigenvalue weighted by Gasteiger charge is -2.48. The molecule has 1 heterocycles. The molecule has 21 heavy (non-hydrogen) atoms. The maximum atomic E-state index is 6.12. The van der Waals surface area contributed by atoms with Crippen LogP contribution in [-0.2, 0) is 4.74 Å². The molecule has 3 heteroatoms. The minimum absolute atomic E-state index is 0.429. The first-order valence-corrected chi connectivity index (χ1v) is 9.29. The number of hydrogen-bond donors (Lipinski definition) is 1. The quantitative estimate of drug-likeness (QED) is 0.843. The lowest BCUT2D eigenvalue weighted by atomic mass is 9.89. The summed E-state index contributed by atoms with van der Waals surface area (Å²) in [6, 6.07) is 0.684. The van der Waals surface area contributed by atoms with E-state index in [1.165, 1.54) is 64.5 Å². The van der Waals surface area contributed by atoms with Crippen molar-refractivity contribution < 1.29 is 4.74 Å². The Bertz CT molecular complexity index is 319. The Balaban J connectivity index is 1.52. The number of nitrogens with zero attached hydrogens (tertiary/aromatic N) is 1. The maximum absolute atomic E-state index is 6.12. The molecule has 2 aliphatic carbocycles. The van der Waals surface area contributed by atoms with Crippen molar-refractivity contribution in [3.8, 4) is 0 Å². The Morgan fingerprint density at radius 2 is 1.86 bits per heavy atom. The highest BCUT2D eigenvalue weighted by atomic mass is 16.5. The number of nitrogens with one attached hydrogen (secondary N) is 1. The summed E-state index contributed by atoms with van der Waals surface area (Å²) in [5.74, 6) is 0.725. The Morgan fingerprint density at radius 1 is 1.14 bits per heavy atom. The molecule has 0 aromatic heterocycles. The van der Waals surface area contributed by atoms with Crippen molar-refractivity contribution in [1.29, 1.82) is 0 Å². The van der Waals surface area contributed by atoms with Gasteiger partial charge < -0.3 is 10.1 Å². The number of ether oxygens (including phenoxy) is 1. The molecule has 3 aliphatic rings. The summed E-state index contributed by atoms with van der Waals surface area (Å²) >= 11 is 0. The van der Waals surface area contributed by atoms with Gasteiger partial charge in [-0.1, -0.05) is 39.5 Å². The molecule has 1 unspecified atom stereocenters. The fraction of sp³-hybridized carbons (Fsp3) is 1.00. The topological polar surface area (TPSA) is 24.5 Å². The van der Waals surface area contributed by atoms with E-state index in [0.29, 0.717) is 17.7 Å². The Hall–Kier alpha value is -0.120. The van der Waals surface area contributed by atoms with Crippen molar-refractivity contribution in [3.05, 3.63) is 0 Å². The first kappa shape index (κ1) is 15.8. The van der Waals surface area contributed by atoms with Gasteiger partial charge in [0.25, 0.3) is 0 Å². The third-order valence-corrected chi connectivity index (χ3v) is 6.03. The van der Waals surface area contributed by atoms with Crippen molar-refractivity contribution in [2.75, 3.05) is 26.2 Å². The van der Waals surface area contributed by atoms with Crippen LogP contribution in [0.15, 0.2) is 0 Å². The summed E-state index contributed by atoms with van der Waals surface area (Å²) < 4.78 is 6.12. The van der Waals surface area contributed by atoms with E-state index in [1.807, 2.05) is 0 Å². The SMILES string of the molecule is CC(C)C1CNC2(CCCC2)CN1CCOC1CCCC1. The van der Waals surface area contributed by atoms with Crippen LogP contribution >= 0.6 is 0 Å². The van der Waals surface area contributed by atoms with Crippen LogP contribution in [0.4, 0.5) is 0 Å². The lowest BCUT2D eigenvalue weighted by Crippen LogP contribution is -2.64. The molecule has 0 radical (unpaired) electrons. The van der Waals surface area contributed by atoms with E-state index in [4.69, 9.17) is 4.74 Å². The first-order chi connectivity index (χ1) is 10.2. The van der Waals surface area contributed by atoms with Crippen LogP contribution in [0.5, 0.6) is 0 Å². The van der Waals surface area contributed by atoms with Gasteiger partial charge in [-0.3, -0.25) is 4.90 Å². The highest BCUT2D eigenvalue weighted by Gasteiger charge is 2.41. The maximum Gasteiger partial charge on any atom is 0.0597 e. The second kappa shape index (κ2) is 6.97. The van der Waals surface area contributed by atoms with E-state index in [1.54, 1.807) is 0 Å². The smallest absolute Gasteiger partial charge is 0.0597 e. The standard InChI is InChI=1S/C18H34N2O/c1-15(2)17-13-19-18(9-5-6-10-18)14-20(17)11-12-21-16-7-3-4-8-16/h15-17,19H,3-14H2,1-2H3. The Morgan fingerprint density at radius 3 is 2.52 bits per heavy atom. The van der Waals surface area contributed by atoms with Gasteiger partial charge in [-0.15, -0.1) is 0 Å². The third-order valence-electron chi connectivity index (χ3n) is 6.03. The first-order valence-electron chi connectivity index (χ1n) is 9.29. The normalized spacial score (nSPS) is 30.7. The molecule has 1 spiro atoms. The molecule has 3 nitrogen and oxygen atoms in total. The zero-order valence-corrected chi connectivity index (χ0v) is 14.1. The summed E-state index contributed by atoms with van der Waals surface area (Å²) in [6.45, 7) is 9.20.